The van der Waals surface area contributed by atoms with Gasteiger partial charge in [0.2, 0.25) is 0 Å². The SMILES string of the molecule is O=[N+]([O-])c1ccc(CSc2nnc(-c3ccccc3)s2)c([N+](=O)[O-])c1. The van der Waals surface area contributed by atoms with Gasteiger partial charge < -0.3 is 0 Å². The summed E-state index contributed by atoms with van der Waals surface area (Å²) in [6.07, 6.45) is 0. The molecule has 0 aliphatic carbocycles. The van der Waals surface area contributed by atoms with E-state index in [0.717, 1.165) is 16.6 Å². The average molecular weight is 374 g/mol. The molecule has 0 bridgehead atoms. The maximum atomic E-state index is 11.1. The van der Waals surface area contributed by atoms with Gasteiger partial charge in [0.15, 0.2) is 4.34 Å². The summed E-state index contributed by atoms with van der Waals surface area (Å²) in [7, 11) is 0. The molecule has 0 fully saturated rings. The highest BCUT2D eigenvalue weighted by molar-refractivity contribution is 8.00. The van der Waals surface area contributed by atoms with E-state index in [1.165, 1.54) is 35.2 Å². The fraction of sp³-hybridized carbons (Fsp3) is 0.0667. The molecule has 1 aromatic heterocycles. The molecule has 126 valence electrons. The van der Waals surface area contributed by atoms with Crippen molar-refractivity contribution in [1.29, 1.82) is 0 Å². The van der Waals surface area contributed by atoms with Crippen LogP contribution in [0.3, 0.4) is 0 Å². The van der Waals surface area contributed by atoms with Crippen LogP contribution >= 0.6 is 23.1 Å². The average Bonchev–Trinajstić information content (AvgIpc) is 3.09. The second-order valence-corrected chi connectivity index (χ2v) is 7.06. The fourth-order valence-electron chi connectivity index (χ4n) is 2.06. The lowest BCUT2D eigenvalue weighted by Crippen LogP contribution is -1.96. The third-order valence-electron chi connectivity index (χ3n) is 3.25. The molecule has 0 aliphatic rings. The van der Waals surface area contributed by atoms with E-state index in [-0.39, 0.29) is 17.1 Å². The van der Waals surface area contributed by atoms with Gasteiger partial charge in [-0.15, -0.1) is 10.2 Å². The van der Waals surface area contributed by atoms with E-state index in [9.17, 15) is 20.2 Å². The van der Waals surface area contributed by atoms with Gasteiger partial charge in [-0.25, -0.2) is 0 Å². The van der Waals surface area contributed by atoms with Gasteiger partial charge >= 0.3 is 0 Å². The van der Waals surface area contributed by atoms with Crippen LogP contribution in [-0.2, 0) is 5.75 Å². The Bertz CT molecular complexity index is 930. The number of non-ortho nitro benzene ring substituents is 1. The van der Waals surface area contributed by atoms with Crippen LogP contribution in [0.25, 0.3) is 10.6 Å². The predicted molar refractivity (Wildman–Crippen MR) is 94.7 cm³/mol. The van der Waals surface area contributed by atoms with Gasteiger partial charge in [-0.3, -0.25) is 20.2 Å². The van der Waals surface area contributed by atoms with E-state index in [1.807, 2.05) is 30.3 Å². The first kappa shape index (κ1) is 17.0. The summed E-state index contributed by atoms with van der Waals surface area (Å²) in [6.45, 7) is 0. The molecule has 0 spiro atoms. The van der Waals surface area contributed by atoms with Crippen molar-refractivity contribution in [3.05, 3.63) is 74.3 Å². The molecule has 3 rings (SSSR count). The lowest BCUT2D eigenvalue weighted by atomic mass is 10.2. The Labute approximate surface area is 149 Å². The van der Waals surface area contributed by atoms with E-state index in [1.54, 1.807) is 0 Å². The molecule has 0 saturated carbocycles. The third-order valence-corrected chi connectivity index (χ3v) is 5.41. The molecule has 0 saturated heterocycles. The van der Waals surface area contributed by atoms with Crippen LogP contribution in [0.4, 0.5) is 11.4 Å². The Morgan fingerprint density at radius 2 is 1.76 bits per heavy atom. The highest BCUT2D eigenvalue weighted by Gasteiger charge is 2.20. The Balaban J connectivity index is 1.77. The van der Waals surface area contributed by atoms with Crippen molar-refractivity contribution in [1.82, 2.24) is 10.2 Å². The largest absolute Gasteiger partial charge is 0.280 e. The molecule has 1 heterocycles. The highest BCUT2D eigenvalue weighted by Crippen LogP contribution is 2.34. The summed E-state index contributed by atoms with van der Waals surface area (Å²) in [5, 5.41) is 30.9. The van der Waals surface area contributed by atoms with Gasteiger partial charge in [0.05, 0.1) is 15.9 Å². The summed E-state index contributed by atoms with van der Waals surface area (Å²) in [5.41, 5.74) is 0.780. The Hall–Kier alpha value is -2.85. The standard InChI is InChI=1S/C15H10N4O4S2/c20-18(21)12-7-6-11(13(8-12)19(22)23)9-24-15-17-16-14(25-15)10-4-2-1-3-5-10/h1-8H,9H2. The molecule has 0 aliphatic heterocycles. The van der Waals surface area contributed by atoms with E-state index in [0.29, 0.717) is 9.90 Å². The van der Waals surface area contributed by atoms with Gasteiger partial charge in [-0.2, -0.15) is 0 Å². The Kier molecular flexibility index (Phi) is 5.00. The zero-order valence-electron chi connectivity index (χ0n) is 12.6. The summed E-state index contributed by atoms with van der Waals surface area (Å²) in [4.78, 5) is 20.6. The quantitative estimate of drug-likeness (QED) is 0.359. The first-order chi connectivity index (χ1) is 12.0. The van der Waals surface area contributed by atoms with Crippen LogP contribution in [-0.4, -0.2) is 20.0 Å². The van der Waals surface area contributed by atoms with Gasteiger partial charge in [0.1, 0.15) is 5.01 Å². The van der Waals surface area contributed by atoms with E-state index in [4.69, 9.17) is 0 Å². The minimum absolute atomic E-state index is 0.269. The summed E-state index contributed by atoms with van der Waals surface area (Å²) in [6, 6.07) is 13.2. The fourth-order valence-corrected chi connectivity index (χ4v) is 3.92. The number of thioether (sulfide) groups is 1. The molecule has 25 heavy (non-hydrogen) atoms. The van der Waals surface area contributed by atoms with Crippen molar-refractivity contribution >= 4 is 34.5 Å². The number of nitro groups is 2. The van der Waals surface area contributed by atoms with E-state index >= 15 is 0 Å². The minimum Gasteiger partial charge on any atom is -0.258 e. The van der Waals surface area contributed by atoms with Gasteiger partial charge in [0, 0.05) is 22.9 Å². The number of hydrogen-bond donors (Lipinski definition) is 0. The Morgan fingerprint density at radius 1 is 1.00 bits per heavy atom. The first-order valence-corrected chi connectivity index (χ1v) is 8.78. The van der Waals surface area contributed by atoms with Crippen LogP contribution in [0.5, 0.6) is 0 Å². The number of hydrogen-bond acceptors (Lipinski definition) is 8. The molecule has 3 aromatic rings. The van der Waals surface area contributed by atoms with E-state index in [2.05, 4.69) is 10.2 Å². The monoisotopic (exact) mass is 374 g/mol. The number of aromatic nitrogens is 2. The van der Waals surface area contributed by atoms with E-state index < -0.39 is 9.85 Å². The van der Waals surface area contributed by atoms with Crippen molar-refractivity contribution in [3.63, 3.8) is 0 Å². The predicted octanol–water partition coefficient (Wildman–Crippen LogP) is 4.31. The molecule has 2 aromatic carbocycles. The molecular formula is C15H10N4O4S2. The summed E-state index contributed by atoms with van der Waals surface area (Å²) < 4.78 is 0.673. The normalized spacial score (nSPS) is 10.6. The molecule has 8 nitrogen and oxygen atoms in total. The van der Waals surface area contributed by atoms with Crippen molar-refractivity contribution in [3.8, 4) is 10.6 Å². The summed E-state index contributed by atoms with van der Waals surface area (Å²) in [5.74, 6) is 0.276. The van der Waals surface area contributed by atoms with Crippen molar-refractivity contribution in [2.24, 2.45) is 0 Å². The van der Waals surface area contributed by atoms with Gasteiger partial charge in [-0.05, 0) is 6.07 Å². The van der Waals surface area contributed by atoms with Crippen LogP contribution < -0.4 is 0 Å². The number of rotatable bonds is 6. The second-order valence-electron chi connectivity index (χ2n) is 4.86. The second kappa shape index (κ2) is 7.36. The van der Waals surface area contributed by atoms with Crippen LogP contribution in [0.2, 0.25) is 0 Å². The molecular weight excluding hydrogens is 364 g/mol. The molecule has 0 unspecified atom stereocenters. The third kappa shape index (κ3) is 3.98. The topological polar surface area (TPSA) is 112 Å². The zero-order valence-corrected chi connectivity index (χ0v) is 14.2. The molecule has 10 heteroatoms. The van der Waals surface area contributed by atoms with Gasteiger partial charge in [0.25, 0.3) is 11.4 Å². The highest BCUT2D eigenvalue weighted by atomic mass is 32.2. The minimum atomic E-state index is -0.652. The maximum absolute atomic E-state index is 11.1. The van der Waals surface area contributed by atoms with Crippen LogP contribution in [0.1, 0.15) is 5.56 Å². The number of benzene rings is 2. The molecule has 0 atom stereocenters. The zero-order chi connectivity index (χ0) is 17.8. The lowest BCUT2D eigenvalue weighted by Gasteiger charge is -2.01. The smallest absolute Gasteiger partial charge is 0.258 e. The van der Waals surface area contributed by atoms with Crippen molar-refractivity contribution in [2.75, 3.05) is 0 Å². The molecule has 0 amide bonds. The van der Waals surface area contributed by atoms with Crippen LogP contribution in [0, 0.1) is 20.2 Å². The molecule has 0 radical (unpaired) electrons. The van der Waals surface area contributed by atoms with Crippen LogP contribution in [0.15, 0.2) is 52.9 Å². The maximum Gasteiger partial charge on any atom is 0.280 e. The lowest BCUT2D eigenvalue weighted by molar-refractivity contribution is -0.394. The van der Waals surface area contributed by atoms with Crippen molar-refractivity contribution in [2.45, 2.75) is 10.1 Å². The first-order valence-electron chi connectivity index (χ1n) is 6.98. The number of nitrogens with zero attached hydrogens (tertiary/aromatic N) is 4. The van der Waals surface area contributed by atoms with Gasteiger partial charge in [-0.1, -0.05) is 53.4 Å². The molecule has 0 N–H and O–H groups in total. The van der Waals surface area contributed by atoms with Crippen molar-refractivity contribution < 1.29 is 9.85 Å². The summed E-state index contributed by atoms with van der Waals surface area (Å²) >= 11 is 2.70. The number of nitro benzene ring substituents is 2. The Morgan fingerprint density at radius 3 is 2.44 bits per heavy atom.